The highest BCUT2D eigenvalue weighted by Crippen LogP contribution is 2.24. The number of nitro groups is 1. The van der Waals surface area contributed by atoms with Gasteiger partial charge in [0, 0.05) is 12.6 Å². The first-order valence-corrected chi connectivity index (χ1v) is 4.16. The van der Waals surface area contributed by atoms with Crippen molar-refractivity contribution in [2.24, 2.45) is 5.73 Å². The summed E-state index contributed by atoms with van der Waals surface area (Å²) in [5, 5.41) is 28.2. The smallest absolute Gasteiger partial charge is 0.337 e. The number of nitriles is 1. The van der Waals surface area contributed by atoms with Gasteiger partial charge in [-0.05, 0) is 11.6 Å². The summed E-state index contributed by atoms with van der Waals surface area (Å²) in [5.74, 6) is -1.39. The van der Waals surface area contributed by atoms with Crippen molar-refractivity contribution in [3.63, 3.8) is 0 Å². The lowest BCUT2D eigenvalue weighted by Crippen LogP contribution is -2.07. The highest BCUT2D eigenvalue weighted by molar-refractivity contribution is 5.92. The van der Waals surface area contributed by atoms with E-state index in [0.29, 0.717) is 5.56 Å². The number of nitrogens with two attached hydrogens (primary N) is 1. The Labute approximate surface area is 89.9 Å². The van der Waals surface area contributed by atoms with Crippen molar-refractivity contribution < 1.29 is 14.8 Å². The van der Waals surface area contributed by atoms with Crippen molar-refractivity contribution in [2.45, 2.75) is 6.54 Å². The van der Waals surface area contributed by atoms with Gasteiger partial charge in [0.15, 0.2) is 0 Å². The Balaban J connectivity index is 3.61. The molecule has 0 bridgehead atoms. The van der Waals surface area contributed by atoms with E-state index in [2.05, 4.69) is 0 Å². The van der Waals surface area contributed by atoms with E-state index in [1.165, 1.54) is 6.07 Å². The summed E-state index contributed by atoms with van der Waals surface area (Å²) in [5.41, 5.74) is 4.17. The van der Waals surface area contributed by atoms with Crippen molar-refractivity contribution in [3.8, 4) is 6.07 Å². The summed E-state index contributed by atoms with van der Waals surface area (Å²) in [4.78, 5) is 20.7. The molecule has 0 amide bonds. The maximum atomic E-state index is 10.8. The molecule has 0 aromatic heterocycles. The lowest BCUT2D eigenvalue weighted by atomic mass is 10.0. The fourth-order valence-corrected chi connectivity index (χ4v) is 1.23. The molecule has 0 saturated carbocycles. The summed E-state index contributed by atoms with van der Waals surface area (Å²) < 4.78 is 0. The molecule has 7 heteroatoms. The van der Waals surface area contributed by atoms with Crippen LogP contribution >= 0.6 is 0 Å². The molecule has 3 N–H and O–H groups in total. The van der Waals surface area contributed by atoms with Gasteiger partial charge in [-0.25, -0.2) is 4.79 Å². The molecule has 7 nitrogen and oxygen atoms in total. The SMILES string of the molecule is N#Cc1c(C(=O)O)cc(CN)cc1[N+](=O)[O-]. The topological polar surface area (TPSA) is 130 Å². The maximum Gasteiger partial charge on any atom is 0.337 e. The number of nitrogens with zero attached hydrogens (tertiary/aromatic N) is 2. The average molecular weight is 221 g/mol. The van der Waals surface area contributed by atoms with E-state index in [9.17, 15) is 14.9 Å². The second-order valence-corrected chi connectivity index (χ2v) is 2.92. The molecule has 0 saturated heterocycles. The van der Waals surface area contributed by atoms with E-state index >= 15 is 0 Å². The van der Waals surface area contributed by atoms with Gasteiger partial charge in [0.25, 0.3) is 5.69 Å². The third-order valence-electron chi connectivity index (χ3n) is 1.95. The highest BCUT2D eigenvalue weighted by Gasteiger charge is 2.22. The number of nitro benzene ring substituents is 1. The van der Waals surface area contributed by atoms with Gasteiger partial charge in [0.2, 0.25) is 0 Å². The Morgan fingerprint density at radius 3 is 2.62 bits per heavy atom. The van der Waals surface area contributed by atoms with Gasteiger partial charge in [-0.1, -0.05) is 0 Å². The second kappa shape index (κ2) is 4.37. The van der Waals surface area contributed by atoms with Gasteiger partial charge in [0.05, 0.1) is 10.5 Å². The molecule has 1 aromatic rings. The number of aromatic carboxylic acids is 1. The van der Waals surface area contributed by atoms with E-state index in [1.807, 2.05) is 0 Å². The van der Waals surface area contributed by atoms with Crippen molar-refractivity contribution in [1.29, 1.82) is 5.26 Å². The predicted octanol–water partition coefficient (Wildman–Crippen LogP) is 0.623. The Morgan fingerprint density at radius 2 is 2.25 bits per heavy atom. The molecule has 0 spiro atoms. The van der Waals surface area contributed by atoms with Crippen LogP contribution in [-0.4, -0.2) is 16.0 Å². The largest absolute Gasteiger partial charge is 0.478 e. The number of carbonyl (C=O) groups is 1. The fourth-order valence-electron chi connectivity index (χ4n) is 1.23. The van der Waals surface area contributed by atoms with Crippen LogP contribution in [0, 0.1) is 21.4 Å². The minimum Gasteiger partial charge on any atom is -0.478 e. The Bertz CT molecular complexity index is 469. The molecule has 0 unspecified atom stereocenters. The molecule has 82 valence electrons. The first-order valence-electron chi connectivity index (χ1n) is 4.16. The van der Waals surface area contributed by atoms with E-state index in [0.717, 1.165) is 12.1 Å². The van der Waals surface area contributed by atoms with E-state index in [-0.39, 0.29) is 6.54 Å². The van der Waals surface area contributed by atoms with Gasteiger partial charge in [-0.2, -0.15) is 5.26 Å². The van der Waals surface area contributed by atoms with Gasteiger partial charge in [-0.15, -0.1) is 0 Å². The van der Waals surface area contributed by atoms with Gasteiger partial charge in [-0.3, -0.25) is 10.1 Å². The zero-order valence-corrected chi connectivity index (χ0v) is 8.01. The first kappa shape index (κ1) is 11.6. The summed E-state index contributed by atoms with van der Waals surface area (Å²) in [6.45, 7) is -0.0349. The molecule has 0 heterocycles. The quantitative estimate of drug-likeness (QED) is 0.568. The van der Waals surface area contributed by atoms with Crippen molar-refractivity contribution in [2.75, 3.05) is 0 Å². The number of hydrogen-bond donors (Lipinski definition) is 2. The Morgan fingerprint density at radius 1 is 1.62 bits per heavy atom. The standard InChI is InChI=1S/C9H7N3O4/c10-3-5-1-6(9(13)14)7(4-11)8(2-5)12(15)16/h1-2H,3,10H2,(H,13,14). The third kappa shape index (κ3) is 1.97. The zero-order chi connectivity index (χ0) is 12.3. The lowest BCUT2D eigenvalue weighted by Gasteiger charge is -2.03. The predicted molar refractivity (Wildman–Crippen MR) is 52.7 cm³/mol. The minimum absolute atomic E-state index is 0.0349. The number of carboxylic acid groups (broad SMARTS) is 1. The third-order valence-corrected chi connectivity index (χ3v) is 1.95. The lowest BCUT2D eigenvalue weighted by molar-refractivity contribution is -0.385. The normalized spacial score (nSPS) is 9.50. The zero-order valence-electron chi connectivity index (χ0n) is 8.01. The summed E-state index contributed by atoms with van der Waals surface area (Å²) in [7, 11) is 0. The molecule has 0 aliphatic rings. The van der Waals surface area contributed by atoms with E-state index < -0.39 is 27.7 Å². The molecule has 1 aromatic carbocycles. The number of carboxylic acids is 1. The highest BCUT2D eigenvalue weighted by atomic mass is 16.6. The van der Waals surface area contributed by atoms with Crippen molar-refractivity contribution in [3.05, 3.63) is 38.9 Å². The van der Waals surface area contributed by atoms with Crippen molar-refractivity contribution in [1.82, 2.24) is 0 Å². The maximum absolute atomic E-state index is 10.8. The van der Waals surface area contributed by atoms with E-state index in [4.69, 9.17) is 16.1 Å². The van der Waals surface area contributed by atoms with Crippen LogP contribution in [0.5, 0.6) is 0 Å². The minimum atomic E-state index is -1.39. The molecule has 0 radical (unpaired) electrons. The van der Waals surface area contributed by atoms with Crippen LogP contribution in [0.1, 0.15) is 21.5 Å². The second-order valence-electron chi connectivity index (χ2n) is 2.92. The molecule has 0 aliphatic heterocycles. The molecule has 0 fully saturated rings. The van der Waals surface area contributed by atoms with Crippen LogP contribution in [0.3, 0.4) is 0 Å². The van der Waals surface area contributed by atoms with Crippen molar-refractivity contribution >= 4 is 11.7 Å². The number of hydrogen-bond acceptors (Lipinski definition) is 5. The average Bonchev–Trinajstić information content (AvgIpc) is 2.26. The van der Waals surface area contributed by atoms with E-state index in [1.54, 1.807) is 0 Å². The number of rotatable bonds is 3. The molecular weight excluding hydrogens is 214 g/mol. The van der Waals surface area contributed by atoms with Crippen LogP contribution in [-0.2, 0) is 6.54 Å². The molecule has 0 atom stereocenters. The van der Waals surface area contributed by atoms with Crippen LogP contribution in [0.2, 0.25) is 0 Å². The molecule has 0 aliphatic carbocycles. The summed E-state index contributed by atoms with van der Waals surface area (Å²) in [6.07, 6.45) is 0. The summed E-state index contributed by atoms with van der Waals surface area (Å²) >= 11 is 0. The first-order chi connectivity index (χ1) is 7.51. The molecule has 16 heavy (non-hydrogen) atoms. The van der Waals surface area contributed by atoms with Crippen LogP contribution in [0.4, 0.5) is 5.69 Å². The Kier molecular flexibility index (Phi) is 3.17. The van der Waals surface area contributed by atoms with Gasteiger partial charge in [0.1, 0.15) is 11.6 Å². The van der Waals surface area contributed by atoms with Crippen LogP contribution in [0.25, 0.3) is 0 Å². The monoisotopic (exact) mass is 221 g/mol. The van der Waals surface area contributed by atoms with Crippen LogP contribution < -0.4 is 5.73 Å². The molecule has 1 rings (SSSR count). The fraction of sp³-hybridized carbons (Fsp3) is 0.111. The summed E-state index contributed by atoms with van der Waals surface area (Å²) in [6, 6.07) is 3.78. The van der Waals surface area contributed by atoms with Crippen LogP contribution in [0.15, 0.2) is 12.1 Å². The number of benzene rings is 1. The Hall–Kier alpha value is -2.46. The van der Waals surface area contributed by atoms with Gasteiger partial charge < -0.3 is 10.8 Å². The van der Waals surface area contributed by atoms with Gasteiger partial charge >= 0.3 is 5.97 Å². The molecular formula is C9H7N3O4.